The Bertz CT molecular complexity index is 1400. The number of amides is 1. The van der Waals surface area contributed by atoms with Crippen LogP contribution in [0.4, 0.5) is 17.1 Å². The Labute approximate surface area is 223 Å². The number of ketones is 1. The van der Waals surface area contributed by atoms with Crippen LogP contribution in [0.5, 0.6) is 0 Å². The molecule has 0 fully saturated rings. The first kappa shape index (κ1) is 25.6. The van der Waals surface area contributed by atoms with E-state index in [1.54, 1.807) is 29.2 Å². The standard InChI is InChI=1S/C30H34N4O4/c1-6-33(7-2)18-12-14-19(15-13-18)34-22-16-29(3,4)17-23(35)24(22)30(25(26(34)31)27(36)38-5)20-10-8-9-11-21(20)32-28(30)37/h8-15H,6-7,16-17,31H2,1-5H3,(H,32,37). The third-order valence-corrected chi connectivity index (χ3v) is 7.92. The van der Waals surface area contributed by atoms with Crippen LogP contribution in [0.25, 0.3) is 0 Å². The minimum atomic E-state index is -1.69. The highest BCUT2D eigenvalue weighted by molar-refractivity contribution is 6.23. The number of nitrogens with two attached hydrogens (primary N) is 1. The number of nitrogens with one attached hydrogen (secondary N) is 1. The van der Waals surface area contributed by atoms with Crippen LogP contribution in [0.2, 0.25) is 0 Å². The lowest BCUT2D eigenvalue weighted by Gasteiger charge is -2.47. The Balaban J connectivity index is 1.83. The highest BCUT2D eigenvalue weighted by Crippen LogP contribution is 2.57. The maximum atomic E-state index is 14.0. The predicted molar refractivity (Wildman–Crippen MR) is 148 cm³/mol. The van der Waals surface area contributed by atoms with Crippen molar-refractivity contribution in [3.63, 3.8) is 0 Å². The number of Topliss-reactive ketones (excluding diaryl/α,β-unsaturated/α-hetero) is 1. The Morgan fingerprint density at radius 1 is 1.05 bits per heavy atom. The molecule has 2 aromatic rings. The Morgan fingerprint density at radius 3 is 2.34 bits per heavy atom. The van der Waals surface area contributed by atoms with Crippen molar-refractivity contribution < 1.29 is 19.1 Å². The molecule has 0 bridgehead atoms. The van der Waals surface area contributed by atoms with Crippen molar-refractivity contribution in [1.29, 1.82) is 0 Å². The van der Waals surface area contributed by atoms with Gasteiger partial charge in [0.1, 0.15) is 16.8 Å². The van der Waals surface area contributed by atoms with Crippen LogP contribution < -0.4 is 20.9 Å². The van der Waals surface area contributed by atoms with Gasteiger partial charge in [0, 0.05) is 53.4 Å². The number of hydrogen-bond acceptors (Lipinski definition) is 7. The molecule has 1 aliphatic carbocycles. The second-order valence-electron chi connectivity index (χ2n) is 10.8. The number of fused-ring (bicyclic) bond motifs is 3. The summed E-state index contributed by atoms with van der Waals surface area (Å²) in [7, 11) is 1.26. The van der Waals surface area contributed by atoms with Crippen molar-refractivity contribution in [3.05, 3.63) is 76.8 Å². The number of para-hydroxylation sites is 1. The largest absolute Gasteiger partial charge is 0.466 e. The Kier molecular flexibility index (Phi) is 6.09. The smallest absolute Gasteiger partial charge is 0.339 e. The highest BCUT2D eigenvalue weighted by atomic mass is 16.5. The molecule has 0 aromatic heterocycles. The maximum absolute atomic E-state index is 14.0. The van der Waals surface area contributed by atoms with Gasteiger partial charge in [-0.15, -0.1) is 0 Å². The molecule has 2 aromatic carbocycles. The van der Waals surface area contributed by atoms with E-state index in [1.807, 2.05) is 38.1 Å². The van der Waals surface area contributed by atoms with Crippen molar-refractivity contribution in [1.82, 2.24) is 0 Å². The van der Waals surface area contributed by atoms with Crippen LogP contribution in [0.15, 0.2) is 71.2 Å². The zero-order valence-electron chi connectivity index (χ0n) is 22.6. The molecule has 2 heterocycles. The van der Waals surface area contributed by atoms with Gasteiger partial charge in [-0.1, -0.05) is 32.0 Å². The van der Waals surface area contributed by atoms with Crippen LogP contribution in [-0.4, -0.2) is 37.9 Å². The van der Waals surface area contributed by atoms with E-state index < -0.39 is 17.3 Å². The first-order valence-electron chi connectivity index (χ1n) is 13.0. The first-order chi connectivity index (χ1) is 18.1. The van der Waals surface area contributed by atoms with Crippen LogP contribution in [0.3, 0.4) is 0 Å². The van der Waals surface area contributed by atoms with E-state index in [0.29, 0.717) is 34.6 Å². The summed E-state index contributed by atoms with van der Waals surface area (Å²) in [6.07, 6.45) is 0.740. The summed E-state index contributed by atoms with van der Waals surface area (Å²) >= 11 is 0. The van der Waals surface area contributed by atoms with E-state index in [-0.39, 0.29) is 29.0 Å². The summed E-state index contributed by atoms with van der Waals surface area (Å²) in [5.41, 5.74) is 8.55. The van der Waals surface area contributed by atoms with Crippen molar-refractivity contribution in [2.75, 3.05) is 35.3 Å². The van der Waals surface area contributed by atoms with E-state index in [1.165, 1.54) is 7.11 Å². The van der Waals surface area contributed by atoms with Crippen molar-refractivity contribution >= 4 is 34.7 Å². The number of rotatable bonds is 5. The summed E-state index contributed by atoms with van der Waals surface area (Å²) in [6, 6.07) is 15.0. The van der Waals surface area contributed by atoms with E-state index in [4.69, 9.17) is 10.5 Å². The molecule has 1 unspecified atom stereocenters. The lowest BCUT2D eigenvalue weighted by Crippen LogP contribution is -2.54. The molecule has 1 spiro atoms. The van der Waals surface area contributed by atoms with Crippen LogP contribution in [0, 0.1) is 5.41 Å². The second-order valence-corrected chi connectivity index (χ2v) is 10.8. The van der Waals surface area contributed by atoms with Crippen molar-refractivity contribution in [2.24, 2.45) is 11.1 Å². The van der Waals surface area contributed by atoms with E-state index in [0.717, 1.165) is 18.8 Å². The normalized spacial score (nSPS) is 21.9. The van der Waals surface area contributed by atoms with Gasteiger partial charge in [-0.2, -0.15) is 0 Å². The molecule has 1 amide bonds. The third-order valence-electron chi connectivity index (χ3n) is 7.92. The fraction of sp³-hybridized carbons (Fsp3) is 0.367. The molecule has 5 rings (SSSR count). The summed E-state index contributed by atoms with van der Waals surface area (Å²) in [4.78, 5) is 45.5. The number of allylic oxidation sites excluding steroid dienone is 1. The molecule has 0 saturated carbocycles. The van der Waals surface area contributed by atoms with Crippen molar-refractivity contribution in [3.8, 4) is 0 Å². The van der Waals surface area contributed by atoms with Gasteiger partial charge in [0.15, 0.2) is 5.78 Å². The van der Waals surface area contributed by atoms with Gasteiger partial charge in [0.05, 0.1) is 7.11 Å². The molecule has 8 nitrogen and oxygen atoms in total. The molecule has 2 aliphatic heterocycles. The zero-order chi connectivity index (χ0) is 27.4. The summed E-state index contributed by atoms with van der Waals surface area (Å²) in [5.74, 6) is -1.31. The minimum absolute atomic E-state index is 0.0397. The second kappa shape index (κ2) is 9.04. The SMILES string of the molecule is CCN(CC)c1ccc(N2C(N)=C(C(=O)OC)C3(C(=O)Nc4ccccc43)C3=C2CC(C)(C)CC3=O)cc1. The summed E-state index contributed by atoms with van der Waals surface area (Å²) in [6.45, 7) is 9.99. The minimum Gasteiger partial charge on any atom is -0.466 e. The quantitative estimate of drug-likeness (QED) is 0.576. The number of nitrogens with zero attached hydrogens (tertiary/aromatic N) is 2. The number of esters is 1. The number of methoxy groups -OCH3 is 1. The van der Waals surface area contributed by atoms with Gasteiger partial charge in [0.25, 0.3) is 0 Å². The first-order valence-corrected chi connectivity index (χ1v) is 13.0. The molecular weight excluding hydrogens is 480 g/mol. The van der Waals surface area contributed by atoms with Crippen LogP contribution >= 0.6 is 0 Å². The van der Waals surface area contributed by atoms with Gasteiger partial charge in [-0.05, 0) is 56.0 Å². The maximum Gasteiger partial charge on any atom is 0.339 e. The van der Waals surface area contributed by atoms with Gasteiger partial charge < -0.3 is 20.7 Å². The van der Waals surface area contributed by atoms with Crippen molar-refractivity contribution in [2.45, 2.75) is 46.0 Å². The topological polar surface area (TPSA) is 105 Å². The van der Waals surface area contributed by atoms with Gasteiger partial charge >= 0.3 is 5.97 Å². The zero-order valence-corrected chi connectivity index (χ0v) is 22.6. The number of benzene rings is 2. The molecular formula is C30H34N4O4. The lowest BCUT2D eigenvalue weighted by atomic mass is 9.60. The Morgan fingerprint density at radius 2 is 1.71 bits per heavy atom. The molecule has 198 valence electrons. The van der Waals surface area contributed by atoms with Gasteiger partial charge in [-0.25, -0.2) is 4.79 Å². The fourth-order valence-electron chi connectivity index (χ4n) is 6.29. The molecule has 38 heavy (non-hydrogen) atoms. The molecule has 8 heteroatoms. The van der Waals surface area contributed by atoms with Gasteiger partial charge in [0.2, 0.25) is 5.91 Å². The third kappa shape index (κ3) is 3.54. The van der Waals surface area contributed by atoms with Crippen LogP contribution in [-0.2, 0) is 24.5 Å². The summed E-state index contributed by atoms with van der Waals surface area (Å²) < 4.78 is 5.21. The number of ether oxygens (including phenoxy) is 1. The molecule has 3 aliphatic rings. The average Bonchev–Trinajstić information content (AvgIpc) is 3.16. The van der Waals surface area contributed by atoms with E-state index in [2.05, 4.69) is 24.1 Å². The number of anilines is 3. The van der Waals surface area contributed by atoms with Gasteiger partial charge in [-0.3, -0.25) is 14.5 Å². The predicted octanol–water partition coefficient (Wildman–Crippen LogP) is 4.23. The molecule has 0 saturated heterocycles. The number of hydrogen-bond donors (Lipinski definition) is 2. The summed E-state index contributed by atoms with van der Waals surface area (Å²) in [5, 5.41) is 2.90. The Hall–Kier alpha value is -4.07. The molecule has 1 atom stereocenters. The van der Waals surface area contributed by atoms with E-state index in [9.17, 15) is 14.4 Å². The number of carbonyl (C=O) groups excluding carboxylic acids is 3. The number of carbonyl (C=O) groups is 3. The highest BCUT2D eigenvalue weighted by Gasteiger charge is 2.62. The monoisotopic (exact) mass is 514 g/mol. The molecule has 3 N–H and O–H groups in total. The van der Waals surface area contributed by atoms with E-state index >= 15 is 0 Å². The van der Waals surface area contributed by atoms with Crippen LogP contribution in [0.1, 0.15) is 46.1 Å². The lowest BCUT2D eigenvalue weighted by molar-refractivity contribution is -0.138. The average molecular weight is 515 g/mol. The fourth-order valence-corrected chi connectivity index (χ4v) is 6.29. The molecule has 0 radical (unpaired) electrons.